The molecular formula is C68H118O36. The lowest BCUT2D eigenvalue weighted by atomic mass is 9.43. The van der Waals surface area contributed by atoms with Gasteiger partial charge in [0.05, 0.1) is 97.6 Å². The van der Waals surface area contributed by atoms with Gasteiger partial charge >= 0.3 is 0 Å². The molecule has 0 bridgehead atoms. The van der Waals surface area contributed by atoms with Crippen molar-refractivity contribution in [2.75, 3.05) is 79.3 Å². The predicted octanol–water partition coefficient (Wildman–Crippen LogP) is -7.84. The first-order valence-corrected chi connectivity index (χ1v) is 37.1. The highest BCUT2D eigenvalue weighted by molar-refractivity contribution is 5.15. The smallest absolute Gasteiger partial charge is 0.187 e. The molecule has 41 atom stereocenters. The largest absolute Gasteiger partial charge is 0.394 e. The van der Waals surface area contributed by atoms with Crippen LogP contribution in [0.25, 0.3) is 0 Å². The number of aliphatic hydroxyl groups excluding tert-OH is 21. The molecule has 0 aromatic carbocycles. The van der Waals surface area contributed by atoms with E-state index in [1.807, 2.05) is 0 Å². The van der Waals surface area contributed by atoms with Crippen molar-refractivity contribution in [2.24, 2.45) is 46.3 Å². The Labute approximate surface area is 603 Å². The summed E-state index contributed by atoms with van der Waals surface area (Å²) in [6.45, 7) is 4.09. The van der Waals surface area contributed by atoms with Gasteiger partial charge in [-0.2, -0.15) is 0 Å². The number of hydrogen-bond acceptors (Lipinski definition) is 36. The van der Waals surface area contributed by atoms with E-state index in [2.05, 4.69) is 27.7 Å². The number of unbranched alkanes of at least 4 members (excludes halogenated alkanes) is 2. The molecule has 12 unspecified atom stereocenters. The van der Waals surface area contributed by atoms with E-state index in [0.717, 1.165) is 44.9 Å². The molecular weight excluding hydrogens is 1390 g/mol. The van der Waals surface area contributed by atoms with E-state index in [0.29, 0.717) is 31.6 Å². The van der Waals surface area contributed by atoms with Crippen LogP contribution >= 0.6 is 0 Å². The molecule has 0 aromatic rings. The maximum absolute atomic E-state index is 11.4. The van der Waals surface area contributed by atoms with Crippen LogP contribution in [-0.4, -0.2) is 389 Å². The molecule has 6 heterocycles. The fraction of sp³-hybridized carbons (Fsp3) is 1.00. The quantitative estimate of drug-likeness (QED) is 0.0278. The van der Waals surface area contributed by atoms with Gasteiger partial charge in [-0.25, -0.2) is 0 Å². The minimum Gasteiger partial charge on any atom is -0.394 e. The van der Waals surface area contributed by atoms with Gasteiger partial charge in [0.25, 0.3) is 0 Å². The van der Waals surface area contributed by atoms with Gasteiger partial charge in [0.2, 0.25) is 0 Å². The molecule has 6 aliphatic heterocycles. The van der Waals surface area contributed by atoms with Crippen molar-refractivity contribution in [1.29, 1.82) is 0 Å². The number of rotatable bonds is 32. The van der Waals surface area contributed by atoms with E-state index in [1.54, 1.807) is 0 Å². The summed E-state index contributed by atoms with van der Waals surface area (Å²) >= 11 is 0. The minimum absolute atomic E-state index is 0.00548. The molecule has 21 N–H and O–H groups in total. The van der Waals surface area contributed by atoms with E-state index in [9.17, 15) is 107 Å². The van der Waals surface area contributed by atoms with Gasteiger partial charge in [-0.15, -0.1) is 0 Å². The molecule has 10 fully saturated rings. The Balaban J connectivity index is 0.831. The van der Waals surface area contributed by atoms with E-state index < -0.39 is 229 Å². The lowest BCUT2D eigenvalue weighted by Crippen LogP contribution is -2.64. The molecule has 4 saturated carbocycles. The van der Waals surface area contributed by atoms with Crippen molar-refractivity contribution < 1.29 is 178 Å². The number of aliphatic hydroxyl groups is 21. The lowest BCUT2D eigenvalue weighted by molar-refractivity contribution is -0.360. The Morgan fingerprint density at radius 1 is 0.375 bits per heavy atom. The van der Waals surface area contributed by atoms with Gasteiger partial charge in [0.1, 0.15) is 146 Å². The molecule has 0 amide bonds. The normalized spacial score (nSPS) is 50.3. The second-order valence-corrected chi connectivity index (χ2v) is 30.6. The summed E-state index contributed by atoms with van der Waals surface area (Å²) in [5, 5.41) is 223. The SMILES string of the molecule is CCCCC[C@@H](C)[C@H]1CC[C@H]2[C@@H]3[C@H](OCCO[C@@H]4OC(CO)[C@@H](O[C@H]5OC(CO)[C@@H](O)C(O)[C@@H]5O)C(O)[C@@H]4O)C[C@@H]4C[C@H](OCCO[C@@H]5OC(CO)[C@@H](O[C@H]6OC(CO)[C@@H](O)C(O)[C@@H]6O)C(O)[C@@H]5O)CC[C@]4(C)[C@H]3C[C@H](OCCO[C@@H]3OC(CO)[C@@H](O[C@H]4OC(CO)[C@@H](O)[C@H](O)C4O)C(O)[C@@H]3O)[C@]12C. The third-order valence-electron chi connectivity index (χ3n) is 24.7. The zero-order valence-corrected chi connectivity index (χ0v) is 59.3. The molecule has 10 rings (SSSR count). The van der Waals surface area contributed by atoms with E-state index in [1.165, 1.54) is 0 Å². The van der Waals surface area contributed by atoms with Crippen molar-refractivity contribution in [2.45, 2.75) is 301 Å². The molecule has 4 aliphatic carbocycles. The predicted molar refractivity (Wildman–Crippen MR) is 346 cm³/mol. The van der Waals surface area contributed by atoms with Crippen LogP contribution in [0.1, 0.15) is 98.3 Å². The minimum atomic E-state index is -1.86. The molecule has 36 heteroatoms. The highest BCUT2D eigenvalue weighted by Gasteiger charge is 2.67. The van der Waals surface area contributed by atoms with Crippen LogP contribution in [0.4, 0.5) is 0 Å². The second-order valence-electron chi connectivity index (χ2n) is 30.6. The van der Waals surface area contributed by atoms with Gasteiger partial charge in [0.15, 0.2) is 37.7 Å². The zero-order chi connectivity index (χ0) is 75.4. The van der Waals surface area contributed by atoms with E-state index in [4.69, 9.17) is 71.1 Å². The molecule has 0 aromatic heterocycles. The van der Waals surface area contributed by atoms with Crippen LogP contribution in [0.2, 0.25) is 0 Å². The second kappa shape index (κ2) is 37.5. The fourth-order valence-electron chi connectivity index (χ4n) is 18.7. The van der Waals surface area contributed by atoms with Crippen LogP contribution < -0.4 is 0 Å². The van der Waals surface area contributed by atoms with Crippen LogP contribution in [0.3, 0.4) is 0 Å². The average molecular weight is 1510 g/mol. The molecule has 606 valence electrons. The highest BCUT2D eigenvalue weighted by atomic mass is 16.8. The Bertz CT molecular complexity index is 2550. The first-order chi connectivity index (χ1) is 49.6. The summed E-state index contributed by atoms with van der Waals surface area (Å²) in [5.74, 6) is 0.469. The van der Waals surface area contributed by atoms with E-state index in [-0.39, 0.29) is 93.0 Å². The third kappa shape index (κ3) is 17.7. The maximum Gasteiger partial charge on any atom is 0.187 e. The number of ether oxygens (including phenoxy) is 15. The van der Waals surface area contributed by atoms with Gasteiger partial charge in [-0.05, 0) is 85.9 Å². The first kappa shape index (κ1) is 85.0. The number of hydrogen-bond donors (Lipinski definition) is 21. The maximum atomic E-state index is 11.4. The molecule has 36 nitrogen and oxygen atoms in total. The van der Waals surface area contributed by atoms with Crippen molar-refractivity contribution in [3.8, 4) is 0 Å². The Morgan fingerprint density at radius 3 is 1.15 bits per heavy atom. The van der Waals surface area contributed by atoms with Crippen LogP contribution in [0, 0.1) is 46.3 Å². The Hall–Kier alpha value is -1.44. The summed E-state index contributed by atoms with van der Waals surface area (Å²) in [7, 11) is 0. The Kier molecular flexibility index (Phi) is 30.6. The fourth-order valence-corrected chi connectivity index (χ4v) is 18.7. The molecule has 0 spiro atoms. The molecule has 0 radical (unpaired) electrons. The van der Waals surface area contributed by atoms with Gasteiger partial charge in [-0.1, -0.05) is 53.4 Å². The topological polar surface area (TPSA) is 563 Å². The van der Waals surface area contributed by atoms with Crippen LogP contribution in [0.15, 0.2) is 0 Å². The summed E-state index contributed by atoms with van der Waals surface area (Å²) in [6, 6.07) is 0. The highest BCUT2D eigenvalue weighted by Crippen LogP contribution is 2.69. The lowest BCUT2D eigenvalue weighted by Gasteiger charge is -2.64. The van der Waals surface area contributed by atoms with Crippen LogP contribution in [0.5, 0.6) is 0 Å². The summed E-state index contributed by atoms with van der Waals surface area (Å²) < 4.78 is 90.3. The summed E-state index contributed by atoms with van der Waals surface area (Å²) in [5.41, 5.74) is -0.758. The molecule has 6 saturated heterocycles. The zero-order valence-electron chi connectivity index (χ0n) is 59.3. The summed E-state index contributed by atoms with van der Waals surface area (Å²) in [4.78, 5) is 0. The first-order valence-electron chi connectivity index (χ1n) is 37.1. The third-order valence-corrected chi connectivity index (χ3v) is 24.7. The van der Waals surface area contributed by atoms with Crippen molar-refractivity contribution in [3.05, 3.63) is 0 Å². The molecule has 10 aliphatic rings. The van der Waals surface area contributed by atoms with Crippen LogP contribution in [-0.2, 0) is 71.1 Å². The average Bonchev–Trinajstić information content (AvgIpc) is 1.36. The van der Waals surface area contributed by atoms with Crippen molar-refractivity contribution >= 4 is 0 Å². The van der Waals surface area contributed by atoms with Gasteiger partial charge in [0, 0.05) is 5.41 Å². The van der Waals surface area contributed by atoms with Crippen molar-refractivity contribution in [1.82, 2.24) is 0 Å². The molecule has 104 heavy (non-hydrogen) atoms. The standard InChI is InChI=1S/C68H118O36/c1-5-6-7-8-28(2)31-9-10-32-42-33(21-41(68(31,32)4)92-15-18-95-63-57(89)51(83)60(40(27-74)101-63)104-66-54(86)48(80)45(77)37(24-71)98-66)67(3)12-11-30(90-13-16-93-61-55(87)49(81)58(38(25-72)99-61)102-64-52(84)46(78)43(75)35(22-69)96-64)19-29(67)20-34(42)91-14-17-94-62-56(88)50(82)59(39(26-73)100-62)103-65-53(85)47(79)44(76)36(23-70)97-65/h28-66,69-89H,5-27H2,1-4H3/t28-,29+,30-,31-,32+,33+,34-,35?,36?,37?,38?,39?,40?,41+,42+,43-,44-,45-,46?,47?,48+,49?,50?,51?,52+,53+,54?,55+,56+,57+,58-,59-,60-,61-,62-,63-,64-,65-,66-,67+,68-/m1/s1. The van der Waals surface area contributed by atoms with E-state index >= 15 is 0 Å². The Morgan fingerprint density at radius 2 is 0.750 bits per heavy atom. The monoisotopic (exact) mass is 1510 g/mol. The van der Waals surface area contributed by atoms with Crippen molar-refractivity contribution in [3.63, 3.8) is 0 Å². The summed E-state index contributed by atoms with van der Waals surface area (Å²) in [6.07, 6.45) is -41.2. The number of fused-ring (bicyclic) bond motifs is 5. The van der Waals surface area contributed by atoms with Gasteiger partial charge < -0.3 is 178 Å². The van der Waals surface area contributed by atoms with Gasteiger partial charge in [-0.3, -0.25) is 0 Å².